The number of carboxylic acid groups (broad SMARTS) is 1. The van der Waals surface area contributed by atoms with Crippen molar-refractivity contribution < 1.29 is 24.2 Å². The molecule has 2 amide bonds. The van der Waals surface area contributed by atoms with Crippen LogP contribution in [0.4, 0.5) is 4.79 Å². The van der Waals surface area contributed by atoms with E-state index < -0.39 is 30.1 Å². The fourth-order valence-electron chi connectivity index (χ4n) is 4.48. The summed E-state index contributed by atoms with van der Waals surface area (Å²) in [5.74, 6) is -1.67. The Balaban J connectivity index is 1.34. The van der Waals surface area contributed by atoms with Gasteiger partial charge in [-0.25, -0.2) is 9.59 Å². The van der Waals surface area contributed by atoms with Crippen LogP contribution >= 0.6 is 0 Å². The standard InChI is InChI=1S/C28H28N2O5/c1-2-19(16-25(31)30-26(27(32)33)18-10-4-3-5-11-18)29-28(34)35-17-24-22-14-8-6-12-20(22)21-13-7-9-15-23(21)24/h3-15,19,24,26H,2,16-17H2,1H3,(H,29,34)(H,30,31)(H,32,33). The molecular weight excluding hydrogens is 444 g/mol. The van der Waals surface area contributed by atoms with Crippen molar-refractivity contribution in [3.63, 3.8) is 0 Å². The Morgan fingerprint density at radius 1 is 0.857 bits per heavy atom. The highest BCUT2D eigenvalue weighted by Crippen LogP contribution is 2.44. The third-order valence-electron chi connectivity index (χ3n) is 6.28. The molecule has 3 N–H and O–H groups in total. The van der Waals surface area contributed by atoms with Crippen LogP contribution in [0.5, 0.6) is 0 Å². The Morgan fingerprint density at radius 2 is 1.43 bits per heavy atom. The number of aliphatic carboxylic acids is 1. The van der Waals surface area contributed by atoms with Gasteiger partial charge in [-0.2, -0.15) is 0 Å². The molecule has 0 fully saturated rings. The Labute approximate surface area is 204 Å². The van der Waals surface area contributed by atoms with Crippen LogP contribution in [0.25, 0.3) is 11.1 Å². The van der Waals surface area contributed by atoms with Crippen LogP contribution in [0.2, 0.25) is 0 Å². The summed E-state index contributed by atoms with van der Waals surface area (Å²) in [5, 5.41) is 14.8. The lowest BCUT2D eigenvalue weighted by atomic mass is 9.98. The smallest absolute Gasteiger partial charge is 0.407 e. The van der Waals surface area contributed by atoms with E-state index in [0.717, 1.165) is 22.3 Å². The molecule has 3 aromatic rings. The van der Waals surface area contributed by atoms with E-state index in [1.807, 2.05) is 43.3 Å². The third-order valence-corrected chi connectivity index (χ3v) is 6.28. The first-order valence-electron chi connectivity index (χ1n) is 11.7. The highest BCUT2D eigenvalue weighted by atomic mass is 16.5. The maximum atomic E-state index is 12.6. The number of fused-ring (bicyclic) bond motifs is 3. The zero-order valence-electron chi connectivity index (χ0n) is 19.4. The second-order valence-corrected chi connectivity index (χ2v) is 8.53. The highest BCUT2D eigenvalue weighted by molar-refractivity contribution is 5.85. The number of ether oxygens (including phenoxy) is 1. The van der Waals surface area contributed by atoms with Crippen molar-refractivity contribution in [2.24, 2.45) is 0 Å². The minimum absolute atomic E-state index is 0.0567. The predicted molar refractivity (Wildman–Crippen MR) is 132 cm³/mol. The van der Waals surface area contributed by atoms with E-state index in [0.29, 0.717) is 12.0 Å². The van der Waals surface area contributed by atoms with Gasteiger partial charge in [-0.3, -0.25) is 4.79 Å². The van der Waals surface area contributed by atoms with Crippen LogP contribution in [0.1, 0.15) is 48.4 Å². The lowest BCUT2D eigenvalue weighted by Gasteiger charge is -2.20. The minimum Gasteiger partial charge on any atom is -0.479 e. The van der Waals surface area contributed by atoms with Gasteiger partial charge in [0.05, 0.1) is 0 Å². The molecule has 4 rings (SSSR count). The third kappa shape index (κ3) is 5.51. The molecule has 0 saturated heterocycles. The molecule has 1 aliphatic carbocycles. The minimum atomic E-state index is -1.16. The number of rotatable bonds is 9. The van der Waals surface area contributed by atoms with Crippen molar-refractivity contribution in [3.8, 4) is 11.1 Å². The lowest BCUT2D eigenvalue weighted by Crippen LogP contribution is -2.41. The average molecular weight is 473 g/mol. The second-order valence-electron chi connectivity index (χ2n) is 8.53. The van der Waals surface area contributed by atoms with Crippen molar-refractivity contribution >= 4 is 18.0 Å². The van der Waals surface area contributed by atoms with Crippen molar-refractivity contribution in [2.45, 2.75) is 37.8 Å². The van der Waals surface area contributed by atoms with E-state index >= 15 is 0 Å². The van der Waals surface area contributed by atoms with Crippen molar-refractivity contribution in [2.75, 3.05) is 6.61 Å². The zero-order valence-corrected chi connectivity index (χ0v) is 19.4. The molecule has 2 atom stereocenters. The van der Waals surface area contributed by atoms with Crippen LogP contribution in [0.15, 0.2) is 78.9 Å². The number of nitrogens with one attached hydrogen (secondary N) is 2. The Kier molecular flexibility index (Phi) is 7.45. The van der Waals surface area contributed by atoms with Gasteiger partial charge >= 0.3 is 12.1 Å². The number of hydrogen-bond donors (Lipinski definition) is 3. The molecule has 0 radical (unpaired) electrons. The van der Waals surface area contributed by atoms with Crippen LogP contribution in [0, 0.1) is 0 Å². The van der Waals surface area contributed by atoms with E-state index in [9.17, 15) is 19.5 Å². The number of carbonyl (C=O) groups excluding carboxylic acids is 2. The molecule has 0 heterocycles. The number of alkyl carbamates (subject to hydrolysis) is 1. The fraction of sp³-hybridized carbons (Fsp3) is 0.250. The molecule has 7 heteroatoms. The summed E-state index contributed by atoms with van der Waals surface area (Å²) < 4.78 is 5.57. The summed E-state index contributed by atoms with van der Waals surface area (Å²) >= 11 is 0. The first-order valence-corrected chi connectivity index (χ1v) is 11.7. The number of amides is 2. The number of carbonyl (C=O) groups is 3. The van der Waals surface area contributed by atoms with Crippen molar-refractivity contribution in [3.05, 3.63) is 95.6 Å². The van der Waals surface area contributed by atoms with Gasteiger partial charge in [0.1, 0.15) is 6.61 Å². The van der Waals surface area contributed by atoms with Gasteiger partial charge in [0.25, 0.3) is 0 Å². The average Bonchev–Trinajstić information content (AvgIpc) is 3.19. The summed E-state index contributed by atoms with van der Waals surface area (Å²) in [4.78, 5) is 36.8. The molecule has 0 bridgehead atoms. The topological polar surface area (TPSA) is 105 Å². The van der Waals surface area contributed by atoms with Crippen LogP contribution < -0.4 is 10.6 Å². The van der Waals surface area contributed by atoms with Gasteiger partial charge in [-0.05, 0) is 34.2 Å². The first kappa shape index (κ1) is 24.0. The Hall–Kier alpha value is -4.13. The molecule has 1 aliphatic rings. The lowest BCUT2D eigenvalue weighted by molar-refractivity contribution is -0.142. The maximum Gasteiger partial charge on any atom is 0.407 e. The summed E-state index contributed by atoms with van der Waals surface area (Å²) in [5.41, 5.74) is 5.01. The van der Waals surface area contributed by atoms with Crippen LogP contribution in [0.3, 0.4) is 0 Å². The predicted octanol–water partition coefficient (Wildman–Crippen LogP) is 4.64. The van der Waals surface area contributed by atoms with E-state index in [2.05, 4.69) is 22.8 Å². The Bertz CT molecular complexity index is 1170. The molecule has 0 aliphatic heterocycles. The summed E-state index contributed by atoms with van der Waals surface area (Å²) in [6.45, 7) is 2.02. The molecule has 180 valence electrons. The van der Waals surface area contributed by atoms with E-state index in [1.54, 1.807) is 30.3 Å². The maximum absolute atomic E-state index is 12.6. The normalized spacial score (nSPS) is 13.7. The van der Waals surface area contributed by atoms with Gasteiger partial charge in [0.15, 0.2) is 6.04 Å². The van der Waals surface area contributed by atoms with Crippen molar-refractivity contribution in [1.29, 1.82) is 0 Å². The highest BCUT2D eigenvalue weighted by Gasteiger charge is 2.29. The fourth-order valence-corrected chi connectivity index (χ4v) is 4.48. The zero-order chi connectivity index (χ0) is 24.8. The van der Waals surface area contributed by atoms with E-state index in [4.69, 9.17) is 4.74 Å². The van der Waals surface area contributed by atoms with Gasteiger partial charge in [-0.15, -0.1) is 0 Å². The molecule has 7 nitrogen and oxygen atoms in total. The largest absolute Gasteiger partial charge is 0.479 e. The monoisotopic (exact) mass is 472 g/mol. The second kappa shape index (κ2) is 10.9. The molecule has 35 heavy (non-hydrogen) atoms. The van der Waals surface area contributed by atoms with Gasteiger partial charge in [0, 0.05) is 18.4 Å². The summed E-state index contributed by atoms with van der Waals surface area (Å²) in [6.07, 6.45) is -0.179. The van der Waals surface area contributed by atoms with Crippen LogP contribution in [-0.2, 0) is 14.3 Å². The van der Waals surface area contributed by atoms with Crippen molar-refractivity contribution in [1.82, 2.24) is 10.6 Å². The van der Waals surface area contributed by atoms with E-state index in [1.165, 1.54) is 0 Å². The number of carboxylic acids is 1. The molecule has 2 unspecified atom stereocenters. The molecule has 3 aromatic carbocycles. The Morgan fingerprint density at radius 3 is 2.00 bits per heavy atom. The molecule has 0 saturated carbocycles. The SMILES string of the molecule is CCC(CC(=O)NC(C(=O)O)c1ccccc1)NC(=O)OCC1c2ccccc2-c2ccccc21. The first-order chi connectivity index (χ1) is 17.0. The summed E-state index contributed by atoms with van der Waals surface area (Å²) in [7, 11) is 0. The van der Waals surface area contributed by atoms with Gasteiger partial charge in [0.2, 0.25) is 5.91 Å². The summed E-state index contributed by atoms with van der Waals surface area (Å²) in [6, 6.07) is 23.0. The van der Waals surface area contributed by atoms with Gasteiger partial charge in [-0.1, -0.05) is 85.8 Å². The molecule has 0 aromatic heterocycles. The number of hydrogen-bond acceptors (Lipinski definition) is 4. The van der Waals surface area contributed by atoms with Crippen LogP contribution in [-0.4, -0.2) is 35.7 Å². The quantitative estimate of drug-likeness (QED) is 0.421. The molecule has 0 spiro atoms. The van der Waals surface area contributed by atoms with E-state index in [-0.39, 0.29) is 18.9 Å². The number of benzene rings is 3. The molecular formula is C28H28N2O5. The van der Waals surface area contributed by atoms with Gasteiger partial charge < -0.3 is 20.5 Å².